The quantitative estimate of drug-likeness (QED) is 0.828. The van der Waals surface area contributed by atoms with Crippen LogP contribution in [0.2, 0.25) is 0 Å². The lowest BCUT2D eigenvalue weighted by Crippen LogP contribution is -2.39. The highest BCUT2D eigenvalue weighted by molar-refractivity contribution is 5.81. The fourth-order valence-corrected chi connectivity index (χ4v) is 2.58. The van der Waals surface area contributed by atoms with Gasteiger partial charge in [-0.05, 0) is 19.8 Å². The zero-order valence-corrected chi connectivity index (χ0v) is 9.44. The predicted octanol–water partition coefficient (Wildman–Crippen LogP) is 2.07. The largest absolute Gasteiger partial charge is 0.481 e. The van der Waals surface area contributed by atoms with Crippen molar-refractivity contribution in [1.29, 1.82) is 0 Å². The third-order valence-electron chi connectivity index (χ3n) is 3.45. The summed E-state index contributed by atoms with van der Waals surface area (Å²) < 4.78 is 0. The molecule has 0 aliphatic heterocycles. The average molecular weight is 220 g/mol. The number of hydrogen-bond acceptors (Lipinski definition) is 3. The average Bonchev–Trinajstić information content (AvgIpc) is 2.30. The Morgan fingerprint density at radius 2 is 1.88 bits per heavy atom. The number of aryl methyl sites for hydroxylation is 1. The lowest BCUT2D eigenvalue weighted by atomic mass is 9.71. The number of carboxylic acid groups (broad SMARTS) is 1. The Kier molecular flexibility index (Phi) is 2.90. The Bertz CT molecular complexity index is 398. The summed E-state index contributed by atoms with van der Waals surface area (Å²) in [4.78, 5) is 20.0. The van der Waals surface area contributed by atoms with Crippen molar-refractivity contribution in [1.82, 2.24) is 9.97 Å². The Morgan fingerprint density at radius 3 is 2.44 bits per heavy atom. The van der Waals surface area contributed by atoms with E-state index in [1.807, 2.05) is 6.92 Å². The first-order valence-corrected chi connectivity index (χ1v) is 5.68. The summed E-state index contributed by atoms with van der Waals surface area (Å²) in [5.74, 6) is -0.754. The molecule has 0 aromatic carbocycles. The first kappa shape index (κ1) is 11.0. The highest BCUT2D eigenvalue weighted by Crippen LogP contribution is 2.39. The van der Waals surface area contributed by atoms with Gasteiger partial charge in [-0.15, -0.1) is 0 Å². The van der Waals surface area contributed by atoms with Gasteiger partial charge < -0.3 is 5.11 Å². The molecule has 0 amide bonds. The van der Waals surface area contributed by atoms with E-state index in [4.69, 9.17) is 0 Å². The van der Waals surface area contributed by atoms with Crippen LogP contribution in [0, 0.1) is 6.92 Å². The molecular weight excluding hydrogens is 204 g/mol. The molecule has 1 aliphatic rings. The second-order valence-corrected chi connectivity index (χ2v) is 4.44. The van der Waals surface area contributed by atoms with Gasteiger partial charge in [0.15, 0.2) is 0 Å². The number of nitrogens with zero attached hydrogens (tertiary/aromatic N) is 2. The van der Waals surface area contributed by atoms with Crippen molar-refractivity contribution in [3.63, 3.8) is 0 Å². The normalized spacial score (nSPS) is 19.3. The molecule has 1 heterocycles. The second-order valence-electron chi connectivity index (χ2n) is 4.44. The van der Waals surface area contributed by atoms with Crippen molar-refractivity contribution in [2.45, 2.75) is 44.4 Å². The predicted molar refractivity (Wildman–Crippen MR) is 59.2 cm³/mol. The third-order valence-corrected chi connectivity index (χ3v) is 3.45. The molecule has 4 heteroatoms. The molecule has 0 saturated heterocycles. The van der Waals surface area contributed by atoms with E-state index < -0.39 is 11.4 Å². The molecule has 1 fully saturated rings. The monoisotopic (exact) mass is 220 g/mol. The summed E-state index contributed by atoms with van der Waals surface area (Å²) in [7, 11) is 0. The SMILES string of the molecule is Cc1nccnc1C1(C(=O)O)CCCCC1. The Morgan fingerprint density at radius 1 is 1.25 bits per heavy atom. The fourth-order valence-electron chi connectivity index (χ4n) is 2.58. The molecule has 0 radical (unpaired) electrons. The van der Waals surface area contributed by atoms with E-state index in [0.29, 0.717) is 18.5 Å². The molecule has 0 unspecified atom stereocenters. The number of hydrogen-bond donors (Lipinski definition) is 1. The minimum absolute atomic E-state index is 0.655. The maximum absolute atomic E-state index is 11.6. The van der Waals surface area contributed by atoms with Crippen LogP contribution in [-0.4, -0.2) is 21.0 Å². The highest BCUT2D eigenvalue weighted by Gasteiger charge is 2.43. The van der Waals surface area contributed by atoms with Gasteiger partial charge in [-0.25, -0.2) is 0 Å². The summed E-state index contributed by atoms with van der Waals surface area (Å²) in [5.41, 5.74) is 0.602. The van der Waals surface area contributed by atoms with Crippen LogP contribution in [0.3, 0.4) is 0 Å². The van der Waals surface area contributed by atoms with Gasteiger partial charge in [0, 0.05) is 12.4 Å². The third kappa shape index (κ3) is 1.68. The number of aromatic nitrogens is 2. The first-order chi connectivity index (χ1) is 7.67. The lowest BCUT2D eigenvalue weighted by Gasteiger charge is -2.33. The van der Waals surface area contributed by atoms with Crippen molar-refractivity contribution in [3.8, 4) is 0 Å². The van der Waals surface area contributed by atoms with E-state index in [1.165, 1.54) is 0 Å². The molecule has 1 N–H and O–H groups in total. The summed E-state index contributed by atoms with van der Waals surface area (Å²) in [5, 5.41) is 9.50. The van der Waals surface area contributed by atoms with E-state index in [2.05, 4.69) is 9.97 Å². The minimum atomic E-state index is -0.795. The van der Waals surface area contributed by atoms with Gasteiger partial charge >= 0.3 is 5.97 Å². The van der Waals surface area contributed by atoms with Crippen LogP contribution in [0.15, 0.2) is 12.4 Å². The van der Waals surface area contributed by atoms with Crippen molar-refractivity contribution in [2.24, 2.45) is 0 Å². The minimum Gasteiger partial charge on any atom is -0.481 e. The number of carbonyl (C=O) groups is 1. The Balaban J connectivity index is 2.47. The van der Waals surface area contributed by atoms with Crippen molar-refractivity contribution in [2.75, 3.05) is 0 Å². The van der Waals surface area contributed by atoms with Crippen LogP contribution in [0.25, 0.3) is 0 Å². The van der Waals surface area contributed by atoms with E-state index in [-0.39, 0.29) is 0 Å². The van der Waals surface area contributed by atoms with Gasteiger partial charge in [0.2, 0.25) is 0 Å². The first-order valence-electron chi connectivity index (χ1n) is 5.68. The molecule has 1 saturated carbocycles. The van der Waals surface area contributed by atoms with E-state index in [0.717, 1.165) is 25.0 Å². The summed E-state index contributed by atoms with van der Waals surface area (Å²) in [6.07, 6.45) is 7.60. The van der Waals surface area contributed by atoms with Gasteiger partial charge in [0.25, 0.3) is 0 Å². The molecule has 2 rings (SSSR count). The highest BCUT2D eigenvalue weighted by atomic mass is 16.4. The summed E-state index contributed by atoms with van der Waals surface area (Å²) in [6.45, 7) is 1.83. The molecular formula is C12H16N2O2. The molecule has 0 atom stereocenters. The van der Waals surface area contributed by atoms with Crippen LogP contribution in [0.4, 0.5) is 0 Å². The zero-order valence-electron chi connectivity index (χ0n) is 9.44. The van der Waals surface area contributed by atoms with Crippen LogP contribution in [0.5, 0.6) is 0 Å². The van der Waals surface area contributed by atoms with Gasteiger partial charge in [-0.3, -0.25) is 14.8 Å². The molecule has 16 heavy (non-hydrogen) atoms. The molecule has 86 valence electrons. The fraction of sp³-hybridized carbons (Fsp3) is 0.583. The van der Waals surface area contributed by atoms with Crippen molar-refractivity contribution in [3.05, 3.63) is 23.8 Å². The lowest BCUT2D eigenvalue weighted by molar-refractivity contribution is -0.145. The maximum atomic E-state index is 11.6. The standard InChI is InChI=1S/C12H16N2O2/c1-9-10(14-8-7-13-9)12(11(15)16)5-3-2-4-6-12/h7-8H,2-6H2,1H3,(H,15,16). The molecule has 1 aromatic heterocycles. The number of carboxylic acids is 1. The Labute approximate surface area is 94.7 Å². The molecule has 0 bridgehead atoms. The molecule has 0 spiro atoms. The van der Waals surface area contributed by atoms with Gasteiger partial charge in [-0.2, -0.15) is 0 Å². The van der Waals surface area contributed by atoms with Gasteiger partial charge in [0.05, 0.1) is 11.4 Å². The smallest absolute Gasteiger partial charge is 0.315 e. The second kappa shape index (κ2) is 4.20. The number of aliphatic carboxylic acids is 1. The van der Waals surface area contributed by atoms with Gasteiger partial charge in [-0.1, -0.05) is 19.3 Å². The van der Waals surface area contributed by atoms with E-state index in [9.17, 15) is 9.90 Å². The van der Waals surface area contributed by atoms with Crippen LogP contribution in [0.1, 0.15) is 43.5 Å². The number of rotatable bonds is 2. The van der Waals surface area contributed by atoms with Crippen LogP contribution >= 0.6 is 0 Å². The van der Waals surface area contributed by atoms with Crippen LogP contribution in [-0.2, 0) is 10.2 Å². The van der Waals surface area contributed by atoms with Crippen LogP contribution < -0.4 is 0 Å². The van der Waals surface area contributed by atoms with Crippen molar-refractivity contribution < 1.29 is 9.90 Å². The van der Waals surface area contributed by atoms with Gasteiger partial charge in [0.1, 0.15) is 5.41 Å². The van der Waals surface area contributed by atoms with E-state index in [1.54, 1.807) is 12.4 Å². The molecule has 4 nitrogen and oxygen atoms in total. The van der Waals surface area contributed by atoms with Crippen molar-refractivity contribution >= 4 is 5.97 Å². The summed E-state index contributed by atoms with van der Waals surface area (Å²) in [6, 6.07) is 0. The topological polar surface area (TPSA) is 63.1 Å². The zero-order chi connectivity index (χ0) is 11.6. The van der Waals surface area contributed by atoms with E-state index >= 15 is 0 Å². The molecule has 1 aliphatic carbocycles. The summed E-state index contributed by atoms with van der Waals surface area (Å²) >= 11 is 0. The molecule has 1 aromatic rings. The maximum Gasteiger partial charge on any atom is 0.315 e. The Hall–Kier alpha value is -1.45.